The fraction of sp³-hybridized carbons (Fsp3) is 0.409. The van der Waals surface area contributed by atoms with Crippen LogP contribution in [0.2, 0.25) is 5.02 Å². The van der Waals surface area contributed by atoms with Crippen LogP contribution in [0.15, 0.2) is 36.4 Å². The van der Waals surface area contributed by atoms with Crippen LogP contribution < -0.4 is 10.2 Å². The first-order valence-electron chi connectivity index (χ1n) is 10.0. The van der Waals surface area contributed by atoms with Crippen LogP contribution in [0, 0.1) is 24.0 Å². The first-order valence-corrected chi connectivity index (χ1v) is 10.4. The molecule has 1 aliphatic heterocycles. The molecule has 8 heteroatoms. The van der Waals surface area contributed by atoms with Crippen LogP contribution in [0.3, 0.4) is 0 Å². The molecule has 0 bridgehead atoms. The number of rotatable bonds is 6. The molecule has 0 spiro atoms. The van der Waals surface area contributed by atoms with Gasteiger partial charge in [-0.15, -0.1) is 0 Å². The Morgan fingerprint density at radius 1 is 1.13 bits per heavy atom. The molecule has 0 aliphatic carbocycles. The van der Waals surface area contributed by atoms with Gasteiger partial charge in [0, 0.05) is 37.3 Å². The largest absolute Gasteiger partial charge is 0.363 e. The number of nitrogens with one attached hydrogen (secondary N) is 1. The molecule has 7 nitrogen and oxygen atoms in total. The lowest BCUT2D eigenvalue weighted by Crippen LogP contribution is -2.49. The minimum atomic E-state index is -0.408. The molecular weight excluding hydrogens is 404 g/mol. The van der Waals surface area contributed by atoms with Crippen molar-refractivity contribution in [1.82, 2.24) is 10.2 Å². The van der Waals surface area contributed by atoms with E-state index in [2.05, 4.69) is 36.2 Å². The molecule has 1 fully saturated rings. The van der Waals surface area contributed by atoms with Crippen LogP contribution in [-0.4, -0.2) is 48.5 Å². The molecule has 1 atom stereocenters. The van der Waals surface area contributed by atoms with Gasteiger partial charge in [0.15, 0.2) is 0 Å². The summed E-state index contributed by atoms with van der Waals surface area (Å²) in [7, 11) is 0. The van der Waals surface area contributed by atoms with Crippen molar-refractivity contribution in [1.29, 1.82) is 0 Å². The van der Waals surface area contributed by atoms with Gasteiger partial charge in [-0.2, -0.15) is 0 Å². The molecule has 160 valence electrons. The summed E-state index contributed by atoms with van der Waals surface area (Å²) in [6, 6.07) is 10.9. The molecule has 1 aliphatic rings. The number of carbonyl (C=O) groups excluding carboxylic acids is 1. The normalized spacial score (nSPS) is 15.7. The maximum atomic E-state index is 12.5. The van der Waals surface area contributed by atoms with E-state index >= 15 is 0 Å². The van der Waals surface area contributed by atoms with Gasteiger partial charge in [-0.25, -0.2) is 0 Å². The number of hydrogen-bond donors (Lipinski definition) is 1. The fourth-order valence-electron chi connectivity index (χ4n) is 3.66. The van der Waals surface area contributed by atoms with Crippen molar-refractivity contribution in [2.24, 2.45) is 0 Å². The molecule has 3 rings (SSSR count). The number of nitrogens with zero attached hydrogens (tertiary/aromatic N) is 3. The molecule has 0 saturated carbocycles. The summed E-state index contributed by atoms with van der Waals surface area (Å²) >= 11 is 5.91. The Labute approximate surface area is 181 Å². The number of amides is 1. The monoisotopic (exact) mass is 430 g/mol. The summed E-state index contributed by atoms with van der Waals surface area (Å²) in [5.74, 6) is -0.0216. The Hall–Kier alpha value is -2.64. The van der Waals surface area contributed by atoms with Crippen LogP contribution in [0.4, 0.5) is 11.4 Å². The Morgan fingerprint density at radius 3 is 2.47 bits per heavy atom. The smallest absolute Gasteiger partial charge is 0.294 e. The van der Waals surface area contributed by atoms with E-state index in [0.717, 1.165) is 5.56 Å². The zero-order chi connectivity index (χ0) is 21.8. The van der Waals surface area contributed by atoms with Gasteiger partial charge in [0.25, 0.3) is 5.69 Å². The second-order valence-corrected chi connectivity index (χ2v) is 8.22. The van der Waals surface area contributed by atoms with E-state index in [1.165, 1.54) is 17.2 Å². The van der Waals surface area contributed by atoms with Crippen LogP contribution >= 0.6 is 11.6 Å². The first-order chi connectivity index (χ1) is 14.2. The van der Waals surface area contributed by atoms with E-state index in [1.807, 2.05) is 17.9 Å². The van der Waals surface area contributed by atoms with Crippen molar-refractivity contribution >= 4 is 28.9 Å². The minimum Gasteiger partial charge on any atom is -0.363 e. The highest BCUT2D eigenvalue weighted by Crippen LogP contribution is 2.31. The summed E-state index contributed by atoms with van der Waals surface area (Å²) in [5, 5.41) is 14.8. The Balaban J connectivity index is 1.54. The van der Waals surface area contributed by atoms with Crippen molar-refractivity contribution in [2.45, 2.75) is 26.8 Å². The second kappa shape index (κ2) is 9.45. The van der Waals surface area contributed by atoms with Gasteiger partial charge in [-0.1, -0.05) is 29.8 Å². The lowest BCUT2D eigenvalue weighted by atomic mass is 10.0. The van der Waals surface area contributed by atoms with E-state index in [9.17, 15) is 14.9 Å². The molecule has 2 aromatic carbocycles. The summed E-state index contributed by atoms with van der Waals surface area (Å²) in [6.45, 7) is 8.98. The van der Waals surface area contributed by atoms with Gasteiger partial charge in [0.05, 0.1) is 17.5 Å². The third kappa shape index (κ3) is 5.29. The number of benzene rings is 2. The topological polar surface area (TPSA) is 78.7 Å². The van der Waals surface area contributed by atoms with Crippen molar-refractivity contribution in [2.75, 3.05) is 37.6 Å². The average molecular weight is 431 g/mol. The minimum absolute atomic E-state index is 0.0101. The van der Waals surface area contributed by atoms with Gasteiger partial charge >= 0.3 is 0 Å². The maximum Gasteiger partial charge on any atom is 0.294 e. The van der Waals surface area contributed by atoms with Crippen molar-refractivity contribution < 1.29 is 9.72 Å². The third-order valence-electron chi connectivity index (χ3n) is 5.62. The molecule has 1 amide bonds. The van der Waals surface area contributed by atoms with E-state index < -0.39 is 4.92 Å². The highest BCUT2D eigenvalue weighted by molar-refractivity contribution is 6.30. The van der Waals surface area contributed by atoms with Gasteiger partial charge in [0.1, 0.15) is 5.69 Å². The number of carbonyl (C=O) groups is 1. The van der Waals surface area contributed by atoms with E-state index in [1.54, 1.807) is 12.1 Å². The van der Waals surface area contributed by atoms with Gasteiger partial charge in [-0.05, 0) is 49.6 Å². The summed E-state index contributed by atoms with van der Waals surface area (Å²) in [5.41, 5.74) is 4.11. The van der Waals surface area contributed by atoms with Crippen LogP contribution in [0.5, 0.6) is 0 Å². The molecule has 1 N–H and O–H groups in total. The molecule has 2 aromatic rings. The standard InChI is InChI=1S/C22H27ClN4O3/c1-15-4-5-18(12-16(15)2)17(3)24-22(28)14-25-8-10-26(11-9-25)20-7-6-19(23)13-21(20)27(29)30/h4-7,12-13,17H,8-11,14H2,1-3H3,(H,24,28). The zero-order valence-electron chi connectivity index (χ0n) is 17.5. The molecule has 1 unspecified atom stereocenters. The first kappa shape index (κ1) is 22.1. The lowest BCUT2D eigenvalue weighted by Gasteiger charge is -2.35. The maximum absolute atomic E-state index is 12.5. The SMILES string of the molecule is Cc1ccc(C(C)NC(=O)CN2CCN(c3ccc(Cl)cc3[N+](=O)[O-])CC2)cc1C. The number of piperazine rings is 1. The fourth-order valence-corrected chi connectivity index (χ4v) is 3.83. The highest BCUT2D eigenvalue weighted by atomic mass is 35.5. The number of anilines is 1. The number of nitro benzene ring substituents is 1. The number of halogens is 1. The predicted octanol–water partition coefficient (Wildman–Crippen LogP) is 3.86. The zero-order valence-corrected chi connectivity index (χ0v) is 18.3. The van der Waals surface area contributed by atoms with E-state index in [-0.39, 0.29) is 17.6 Å². The van der Waals surface area contributed by atoms with E-state index in [0.29, 0.717) is 43.4 Å². The lowest BCUT2D eigenvalue weighted by molar-refractivity contribution is -0.384. The molecule has 0 radical (unpaired) electrons. The quantitative estimate of drug-likeness (QED) is 0.556. The molecule has 30 heavy (non-hydrogen) atoms. The van der Waals surface area contributed by atoms with Crippen LogP contribution in [0.1, 0.15) is 29.7 Å². The van der Waals surface area contributed by atoms with E-state index in [4.69, 9.17) is 11.6 Å². The van der Waals surface area contributed by atoms with Crippen molar-refractivity contribution in [3.63, 3.8) is 0 Å². The summed E-state index contributed by atoms with van der Waals surface area (Å²) in [6.07, 6.45) is 0. The number of aryl methyl sites for hydroxylation is 2. The Kier molecular flexibility index (Phi) is 6.95. The highest BCUT2D eigenvalue weighted by Gasteiger charge is 2.25. The molecular formula is C22H27ClN4O3. The van der Waals surface area contributed by atoms with Gasteiger partial charge in [0.2, 0.25) is 5.91 Å². The average Bonchev–Trinajstić information content (AvgIpc) is 2.70. The van der Waals surface area contributed by atoms with Gasteiger partial charge < -0.3 is 10.2 Å². The van der Waals surface area contributed by atoms with Crippen LogP contribution in [0.25, 0.3) is 0 Å². The molecule has 1 heterocycles. The summed E-state index contributed by atoms with van der Waals surface area (Å²) in [4.78, 5) is 27.5. The third-order valence-corrected chi connectivity index (χ3v) is 5.86. The van der Waals surface area contributed by atoms with Crippen molar-refractivity contribution in [3.8, 4) is 0 Å². The van der Waals surface area contributed by atoms with Gasteiger partial charge in [-0.3, -0.25) is 19.8 Å². The van der Waals surface area contributed by atoms with Crippen molar-refractivity contribution in [3.05, 3.63) is 68.2 Å². The molecule has 0 aromatic heterocycles. The molecule has 1 saturated heterocycles. The number of hydrogen-bond acceptors (Lipinski definition) is 5. The van der Waals surface area contributed by atoms with Crippen LogP contribution in [-0.2, 0) is 4.79 Å². The predicted molar refractivity (Wildman–Crippen MR) is 119 cm³/mol. The summed E-state index contributed by atoms with van der Waals surface area (Å²) < 4.78 is 0. The Bertz CT molecular complexity index is 942. The Morgan fingerprint density at radius 2 is 1.83 bits per heavy atom. The second-order valence-electron chi connectivity index (χ2n) is 7.79. The number of nitro groups is 1.